The summed E-state index contributed by atoms with van der Waals surface area (Å²) in [5.74, 6) is -1.70. The monoisotopic (exact) mass is 264 g/mol. The van der Waals surface area contributed by atoms with Crippen LogP contribution in [-0.4, -0.2) is 27.6 Å². The van der Waals surface area contributed by atoms with Gasteiger partial charge in [-0.2, -0.15) is 0 Å². The third-order valence-electron chi connectivity index (χ3n) is 2.63. The molecule has 102 valence electrons. The molecule has 1 rings (SSSR count). The van der Waals surface area contributed by atoms with Crippen LogP contribution in [0.1, 0.15) is 23.8 Å². The molecule has 2 N–H and O–H groups in total. The molecule has 0 bridgehead atoms. The lowest BCUT2D eigenvalue weighted by molar-refractivity contribution is -0.139. The van der Waals surface area contributed by atoms with Gasteiger partial charge in [0.05, 0.1) is 0 Å². The largest absolute Gasteiger partial charge is 0.480 e. The molecule has 0 spiro atoms. The van der Waals surface area contributed by atoms with Crippen molar-refractivity contribution in [2.24, 2.45) is 7.05 Å². The molecule has 1 aromatic rings. The summed E-state index contributed by atoms with van der Waals surface area (Å²) in [7, 11) is 1.46. The second-order valence-corrected chi connectivity index (χ2v) is 3.98. The molecule has 6 heteroatoms. The zero-order valence-electron chi connectivity index (χ0n) is 10.8. The highest BCUT2D eigenvalue weighted by atomic mass is 16.4. The zero-order chi connectivity index (χ0) is 14.4. The van der Waals surface area contributed by atoms with Gasteiger partial charge in [0.1, 0.15) is 11.7 Å². The second-order valence-electron chi connectivity index (χ2n) is 3.98. The highest BCUT2D eigenvalue weighted by Crippen LogP contribution is 1.99. The van der Waals surface area contributed by atoms with E-state index < -0.39 is 17.9 Å². The third kappa shape index (κ3) is 3.80. The van der Waals surface area contributed by atoms with Gasteiger partial charge < -0.3 is 15.0 Å². The predicted molar refractivity (Wildman–Crippen MR) is 70.0 cm³/mol. The average Bonchev–Trinajstić information content (AvgIpc) is 2.37. The van der Waals surface area contributed by atoms with Crippen LogP contribution in [0.5, 0.6) is 0 Å². The fourth-order valence-electron chi connectivity index (χ4n) is 1.52. The number of aromatic nitrogens is 1. The van der Waals surface area contributed by atoms with Gasteiger partial charge in [0.2, 0.25) is 0 Å². The molecule has 0 aliphatic rings. The third-order valence-corrected chi connectivity index (χ3v) is 2.63. The van der Waals surface area contributed by atoms with Gasteiger partial charge in [-0.05, 0) is 19.4 Å². The van der Waals surface area contributed by atoms with Crippen LogP contribution in [0.25, 0.3) is 0 Å². The first kappa shape index (κ1) is 14.7. The highest BCUT2D eigenvalue weighted by Gasteiger charge is 2.20. The molecular formula is C13H16N2O4. The molecule has 0 saturated heterocycles. The van der Waals surface area contributed by atoms with E-state index in [1.54, 1.807) is 19.1 Å². The SMILES string of the molecule is C/C=C/CC(NC(=O)c1cccc(=O)n1C)C(=O)O. The van der Waals surface area contributed by atoms with Gasteiger partial charge in [0.15, 0.2) is 0 Å². The van der Waals surface area contributed by atoms with E-state index in [2.05, 4.69) is 5.32 Å². The maximum absolute atomic E-state index is 11.9. The molecule has 1 atom stereocenters. The van der Waals surface area contributed by atoms with Gasteiger partial charge in [-0.1, -0.05) is 18.2 Å². The Morgan fingerprint density at radius 3 is 2.74 bits per heavy atom. The quantitative estimate of drug-likeness (QED) is 0.759. The van der Waals surface area contributed by atoms with Gasteiger partial charge in [0, 0.05) is 13.1 Å². The van der Waals surface area contributed by atoms with E-state index in [4.69, 9.17) is 5.11 Å². The molecule has 6 nitrogen and oxygen atoms in total. The average molecular weight is 264 g/mol. The number of carbonyl (C=O) groups excluding carboxylic acids is 1. The summed E-state index contributed by atoms with van der Waals surface area (Å²) in [6.07, 6.45) is 3.56. The molecule has 19 heavy (non-hydrogen) atoms. The molecule has 0 fully saturated rings. The van der Waals surface area contributed by atoms with Crippen molar-refractivity contribution in [1.29, 1.82) is 0 Å². The molecule has 1 aromatic heterocycles. The molecule has 0 saturated carbocycles. The first-order valence-electron chi connectivity index (χ1n) is 5.78. The Hall–Kier alpha value is -2.37. The van der Waals surface area contributed by atoms with E-state index in [0.29, 0.717) is 0 Å². The van der Waals surface area contributed by atoms with Crippen molar-refractivity contribution in [3.63, 3.8) is 0 Å². The van der Waals surface area contributed by atoms with Crippen molar-refractivity contribution in [2.45, 2.75) is 19.4 Å². The fraction of sp³-hybridized carbons (Fsp3) is 0.308. The minimum atomic E-state index is -1.12. The number of hydrogen-bond acceptors (Lipinski definition) is 3. The van der Waals surface area contributed by atoms with E-state index in [0.717, 1.165) is 0 Å². The van der Waals surface area contributed by atoms with Gasteiger partial charge in [0.25, 0.3) is 11.5 Å². The predicted octanol–water partition coefficient (Wildman–Crippen LogP) is 0.534. The van der Waals surface area contributed by atoms with Crippen molar-refractivity contribution < 1.29 is 14.7 Å². The van der Waals surface area contributed by atoms with Crippen LogP contribution in [0, 0.1) is 0 Å². The Morgan fingerprint density at radius 1 is 1.47 bits per heavy atom. The highest BCUT2D eigenvalue weighted by molar-refractivity contribution is 5.95. The Kier molecular flexibility index (Phi) is 5.05. The zero-order valence-corrected chi connectivity index (χ0v) is 10.8. The Labute approximate surface area is 110 Å². The number of carbonyl (C=O) groups is 2. The van der Waals surface area contributed by atoms with Gasteiger partial charge in [-0.3, -0.25) is 9.59 Å². The topological polar surface area (TPSA) is 88.4 Å². The summed E-state index contributed by atoms with van der Waals surface area (Å²) >= 11 is 0. The van der Waals surface area contributed by atoms with E-state index in [1.807, 2.05) is 0 Å². The van der Waals surface area contributed by atoms with Crippen LogP contribution in [0.4, 0.5) is 0 Å². The van der Waals surface area contributed by atoms with Gasteiger partial charge in [-0.25, -0.2) is 4.79 Å². The smallest absolute Gasteiger partial charge is 0.326 e. The van der Waals surface area contributed by atoms with E-state index in [9.17, 15) is 14.4 Å². The van der Waals surface area contributed by atoms with Crippen LogP contribution < -0.4 is 10.9 Å². The number of allylic oxidation sites excluding steroid dienone is 1. The number of amides is 1. The van der Waals surface area contributed by atoms with Crippen molar-refractivity contribution >= 4 is 11.9 Å². The molecule has 0 aliphatic carbocycles. The van der Waals surface area contributed by atoms with Crippen molar-refractivity contribution in [3.05, 3.63) is 46.4 Å². The lowest BCUT2D eigenvalue weighted by Crippen LogP contribution is -2.42. The Bertz CT molecular complexity index is 560. The van der Waals surface area contributed by atoms with Gasteiger partial charge in [-0.15, -0.1) is 0 Å². The lowest BCUT2D eigenvalue weighted by Gasteiger charge is -2.14. The summed E-state index contributed by atoms with van der Waals surface area (Å²) in [5.41, 5.74) is -0.202. The molecule has 1 amide bonds. The lowest BCUT2D eigenvalue weighted by atomic mass is 10.2. The maximum Gasteiger partial charge on any atom is 0.326 e. The fourth-order valence-corrected chi connectivity index (χ4v) is 1.52. The van der Waals surface area contributed by atoms with E-state index in [-0.39, 0.29) is 17.7 Å². The Balaban J connectivity index is 2.91. The number of nitrogens with one attached hydrogen (secondary N) is 1. The first-order valence-corrected chi connectivity index (χ1v) is 5.78. The minimum Gasteiger partial charge on any atom is -0.480 e. The van der Waals surface area contributed by atoms with Crippen LogP contribution >= 0.6 is 0 Å². The van der Waals surface area contributed by atoms with Crippen molar-refractivity contribution in [1.82, 2.24) is 9.88 Å². The molecule has 1 unspecified atom stereocenters. The minimum absolute atomic E-state index is 0.124. The molecule has 0 radical (unpaired) electrons. The van der Waals surface area contributed by atoms with Crippen LogP contribution in [-0.2, 0) is 11.8 Å². The van der Waals surface area contributed by atoms with E-state index in [1.165, 1.54) is 29.8 Å². The molecule has 0 aliphatic heterocycles. The first-order chi connectivity index (χ1) is 8.97. The molecular weight excluding hydrogens is 248 g/mol. The normalized spacial score (nSPS) is 12.3. The number of hydrogen-bond donors (Lipinski definition) is 2. The number of pyridine rings is 1. The summed E-state index contributed by atoms with van der Waals surface area (Å²) in [6.45, 7) is 1.77. The van der Waals surface area contributed by atoms with Crippen LogP contribution in [0.2, 0.25) is 0 Å². The standard InChI is InChI=1S/C13H16N2O4/c1-3-4-6-9(13(18)19)14-12(17)10-7-5-8-11(16)15(10)2/h3-5,7-9H,6H2,1-2H3,(H,14,17)(H,18,19)/b4-3+. The number of aliphatic carboxylic acids is 1. The maximum atomic E-state index is 11.9. The van der Waals surface area contributed by atoms with Crippen molar-refractivity contribution in [2.75, 3.05) is 0 Å². The second kappa shape index (κ2) is 6.53. The Morgan fingerprint density at radius 2 is 2.16 bits per heavy atom. The number of carboxylic acids is 1. The summed E-state index contributed by atoms with van der Waals surface area (Å²) in [4.78, 5) is 34.3. The number of nitrogens with zero attached hydrogens (tertiary/aromatic N) is 1. The van der Waals surface area contributed by atoms with E-state index >= 15 is 0 Å². The molecule has 1 heterocycles. The molecule has 0 aromatic carbocycles. The number of rotatable bonds is 5. The van der Waals surface area contributed by atoms with Crippen molar-refractivity contribution in [3.8, 4) is 0 Å². The summed E-state index contributed by atoms with van der Waals surface area (Å²) < 4.78 is 1.17. The van der Waals surface area contributed by atoms with Crippen LogP contribution in [0.3, 0.4) is 0 Å². The number of carboxylic acid groups (broad SMARTS) is 1. The summed E-state index contributed by atoms with van der Waals surface area (Å²) in [6, 6.07) is 3.23. The van der Waals surface area contributed by atoms with Gasteiger partial charge >= 0.3 is 5.97 Å². The van der Waals surface area contributed by atoms with Crippen LogP contribution in [0.15, 0.2) is 35.1 Å². The summed E-state index contributed by atoms with van der Waals surface area (Å²) in [5, 5.41) is 11.4.